The summed E-state index contributed by atoms with van der Waals surface area (Å²) in [6, 6.07) is 12.2. The molecule has 0 radical (unpaired) electrons. The number of carbonyl (C=O) groups is 3. The summed E-state index contributed by atoms with van der Waals surface area (Å²) in [5.41, 5.74) is -0.190. The van der Waals surface area contributed by atoms with Crippen molar-refractivity contribution >= 4 is 23.5 Å². The van der Waals surface area contributed by atoms with E-state index in [0.29, 0.717) is 44.5 Å². The molecule has 1 atom stereocenters. The quantitative estimate of drug-likeness (QED) is 0.296. The van der Waals surface area contributed by atoms with E-state index in [1.54, 1.807) is 16.7 Å². The van der Waals surface area contributed by atoms with Gasteiger partial charge in [0.2, 0.25) is 0 Å². The number of piperidine rings is 1. The number of halogens is 3. The predicted molar refractivity (Wildman–Crippen MR) is 179 cm³/mol. The fourth-order valence-corrected chi connectivity index (χ4v) is 7.41. The highest BCUT2D eigenvalue weighted by Crippen LogP contribution is 2.44. The third-order valence-corrected chi connectivity index (χ3v) is 10.1. The zero-order valence-corrected chi connectivity index (χ0v) is 28.0. The predicted octanol–water partition coefficient (Wildman–Crippen LogP) is 5.40. The molecule has 0 saturated carbocycles. The van der Waals surface area contributed by atoms with Crippen LogP contribution < -0.4 is 4.90 Å². The van der Waals surface area contributed by atoms with Crippen molar-refractivity contribution in [3.63, 3.8) is 0 Å². The molecule has 6 rings (SSSR count). The minimum atomic E-state index is -0.982. The van der Waals surface area contributed by atoms with Gasteiger partial charge in [-0.3, -0.25) is 14.5 Å². The Balaban J connectivity index is 1.14. The number of pyridine rings is 1. The topological polar surface area (TPSA) is 86.3 Å². The normalized spacial score (nSPS) is 19.4. The molecule has 0 aliphatic carbocycles. The van der Waals surface area contributed by atoms with Gasteiger partial charge in [-0.05, 0) is 93.1 Å². The molecule has 1 unspecified atom stereocenters. The van der Waals surface area contributed by atoms with Crippen LogP contribution in [0.5, 0.6) is 0 Å². The zero-order chi connectivity index (χ0) is 34.7. The van der Waals surface area contributed by atoms with Crippen LogP contribution in [0.4, 0.5) is 18.9 Å². The van der Waals surface area contributed by atoms with Crippen LogP contribution in [-0.4, -0.2) is 102 Å². The van der Waals surface area contributed by atoms with Crippen LogP contribution in [0.1, 0.15) is 60.4 Å². The number of carbonyl (C=O) groups excluding carboxylic acids is 3. The lowest BCUT2D eigenvalue weighted by atomic mass is 9.76. The summed E-state index contributed by atoms with van der Waals surface area (Å²) in [4.78, 5) is 52.5. The Bertz CT molecular complexity index is 1670. The average Bonchev–Trinajstić information content (AvgIpc) is 3.48. The molecule has 3 fully saturated rings. The summed E-state index contributed by atoms with van der Waals surface area (Å²) in [5, 5.41) is 0. The second kappa shape index (κ2) is 14.6. The first-order valence-corrected chi connectivity index (χ1v) is 17.1. The van der Waals surface area contributed by atoms with E-state index in [4.69, 9.17) is 4.74 Å². The number of esters is 1. The van der Waals surface area contributed by atoms with Gasteiger partial charge >= 0.3 is 5.97 Å². The molecular formula is C37H42F3N5O4. The number of likely N-dealkylation sites (tertiary alicyclic amines) is 2. The lowest BCUT2D eigenvalue weighted by molar-refractivity contribution is -0.147. The van der Waals surface area contributed by atoms with E-state index in [9.17, 15) is 27.6 Å². The van der Waals surface area contributed by atoms with Gasteiger partial charge < -0.3 is 19.4 Å². The molecule has 2 amide bonds. The minimum absolute atomic E-state index is 0.131. The molecule has 12 heteroatoms. The highest BCUT2D eigenvalue weighted by atomic mass is 19.1. The van der Waals surface area contributed by atoms with Crippen LogP contribution in [-0.2, 0) is 9.53 Å². The molecule has 4 heterocycles. The maximum atomic E-state index is 14.6. The van der Waals surface area contributed by atoms with Crippen LogP contribution >= 0.6 is 0 Å². The maximum Gasteiger partial charge on any atom is 0.328 e. The Morgan fingerprint density at radius 1 is 0.837 bits per heavy atom. The molecule has 3 saturated heterocycles. The molecule has 49 heavy (non-hydrogen) atoms. The first-order chi connectivity index (χ1) is 23.6. The number of nitrogens with zero attached hydrogens (tertiary/aromatic N) is 5. The largest absolute Gasteiger partial charge is 0.464 e. The number of hydrogen-bond acceptors (Lipinski definition) is 7. The molecule has 1 spiro atoms. The molecule has 1 aromatic heterocycles. The highest BCUT2D eigenvalue weighted by molar-refractivity contribution is 5.97. The van der Waals surface area contributed by atoms with Crippen molar-refractivity contribution in [3.8, 4) is 11.3 Å². The summed E-state index contributed by atoms with van der Waals surface area (Å²) in [7, 11) is 0. The Labute approximate surface area is 284 Å². The van der Waals surface area contributed by atoms with Gasteiger partial charge in [0.15, 0.2) is 0 Å². The van der Waals surface area contributed by atoms with Gasteiger partial charge in [0.05, 0.1) is 12.2 Å². The van der Waals surface area contributed by atoms with Crippen molar-refractivity contribution < 1.29 is 32.3 Å². The number of aromatic nitrogens is 1. The molecule has 3 aromatic rings. The maximum absolute atomic E-state index is 14.6. The summed E-state index contributed by atoms with van der Waals surface area (Å²) in [5.74, 6) is -4.09. The van der Waals surface area contributed by atoms with E-state index >= 15 is 0 Å². The third kappa shape index (κ3) is 7.15. The van der Waals surface area contributed by atoms with Crippen molar-refractivity contribution in [2.24, 2.45) is 5.41 Å². The van der Waals surface area contributed by atoms with Crippen molar-refractivity contribution in [3.05, 3.63) is 83.3 Å². The van der Waals surface area contributed by atoms with Gasteiger partial charge in [-0.1, -0.05) is 13.0 Å². The molecule has 0 bridgehead atoms. The van der Waals surface area contributed by atoms with E-state index in [1.807, 2.05) is 24.3 Å². The van der Waals surface area contributed by atoms with E-state index in [1.165, 1.54) is 12.1 Å². The number of benzene rings is 2. The van der Waals surface area contributed by atoms with Gasteiger partial charge in [0.25, 0.3) is 11.8 Å². The van der Waals surface area contributed by atoms with Crippen molar-refractivity contribution in [1.29, 1.82) is 0 Å². The van der Waals surface area contributed by atoms with Crippen LogP contribution in [0.2, 0.25) is 0 Å². The van der Waals surface area contributed by atoms with Gasteiger partial charge in [-0.2, -0.15) is 0 Å². The molecule has 3 aliphatic heterocycles. The molecule has 3 aliphatic rings. The average molecular weight is 678 g/mol. The van der Waals surface area contributed by atoms with E-state index < -0.39 is 52.0 Å². The number of rotatable bonds is 8. The lowest BCUT2D eigenvalue weighted by Crippen LogP contribution is -2.46. The second-order valence-corrected chi connectivity index (χ2v) is 13.2. The molecule has 9 nitrogen and oxygen atoms in total. The summed E-state index contributed by atoms with van der Waals surface area (Å²) >= 11 is 0. The molecular weight excluding hydrogens is 635 g/mol. The van der Waals surface area contributed by atoms with Gasteiger partial charge in [0.1, 0.15) is 34.9 Å². The van der Waals surface area contributed by atoms with Crippen molar-refractivity contribution in [2.75, 3.05) is 63.9 Å². The van der Waals surface area contributed by atoms with Crippen LogP contribution in [0.3, 0.4) is 0 Å². The fourth-order valence-electron chi connectivity index (χ4n) is 7.41. The first kappa shape index (κ1) is 34.4. The van der Waals surface area contributed by atoms with E-state index in [2.05, 4.69) is 21.7 Å². The van der Waals surface area contributed by atoms with Crippen LogP contribution in [0.15, 0.2) is 54.6 Å². The Morgan fingerprint density at radius 3 is 2.14 bits per heavy atom. The number of amides is 2. The molecule has 0 N–H and O–H groups in total. The monoisotopic (exact) mass is 677 g/mol. The van der Waals surface area contributed by atoms with Crippen molar-refractivity contribution in [2.45, 2.75) is 45.6 Å². The number of piperazine rings is 1. The van der Waals surface area contributed by atoms with Crippen LogP contribution in [0.25, 0.3) is 11.3 Å². The zero-order valence-electron chi connectivity index (χ0n) is 28.0. The first-order valence-electron chi connectivity index (χ1n) is 17.1. The highest BCUT2D eigenvalue weighted by Gasteiger charge is 2.51. The minimum Gasteiger partial charge on any atom is -0.464 e. The van der Waals surface area contributed by atoms with E-state index in [0.717, 1.165) is 63.0 Å². The summed E-state index contributed by atoms with van der Waals surface area (Å²) < 4.78 is 48.9. The molecule has 2 aromatic carbocycles. The number of anilines is 1. The molecule has 260 valence electrons. The summed E-state index contributed by atoms with van der Waals surface area (Å²) in [6.07, 6.45) is 2.56. The second-order valence-electron chi connectivity index (χ2n) is 13.2. The Kier molecular flexibility index (Phi) is 10.2. The third-order valence-electron chi connectivity index (χ3n) is 10.1. The number of ether oxygens (including phenoxy) is 1. The fraction of sp³-hybridized carbons (Fsp3) is 0.459. The van der Waals surface area contributed by atoms with Gasteiger partial charge in [-0.25, -0.2) is 22.9 Å². The van der Waals surface area contributed by atoms with Crippen LogP contribution in [0, 0.1) is 22.9 Å². The Morgan fingerprint density at radius 2 is 1.51 bits per heavy atom. The van der Waals surface area contributed by atoms with E-state index in [-0.39, 0.29) is 18.2 Å². The Hall–Kier alpha value is -4.45. The van der Waals surface area contributed by atoms with Crippen molar-refractivity contribution in [1.82, 2.24) is 19.7 Å². The van der Waals surface area contributed by atoms with Gasteiger partial charge in [0, 0.05) is 57.1 Å². The summed E-state index contributed by atoms with van der Waals surface area (Å²) in [6.45, 7) is 10.0. The lowest BCUT2D eigenvalue weighted by Gasteiger charge is -2.39. The number of hydrogen-bond donors (Lipinski definition) is 0. The smallest absolute Gasteiger partial charge is 0.328 e. The standard InChI is InChI=1S/C37H42F3N5O4/c1-3-16-42-19-21-43(22-20-42)26-10-8-25(9-11-26)34(46)45-24-37(23-31(45)36(48)49-4-2)14-17-44(18-15-37)35(47)30-13-12-29(40)33(41-30)32-27(38)6-5-7-28(32)39/h5-13,31H,3-4,14-24H2,1-2H3. The van der Waals surface area contributed by atoms with Gasteiger partial charge in [-0.15, -0.1) is 0 Å². The SMILES string of the molecule is CCCN1CCN(c2ccc(C(=O)N3CC4(CCN(C(=O)c5ccc(F)c(-c6c(F)cccc6F)n5)CC4)CC3C(=O)OCC)cc2)CC1.